The maximum atomic E-state index is 12.1. The van der Waals surface area contributed by atoms with Crippen LogP contribution in [0, 0.1) is 5.92 Å². The third-order valence-electron chi connectivity index (χ3n) is 3.16. The maximum Gasteiger partial charge on any atom is 0.141 e. The van der Waals surface area contributed by atoms with Crippen molar-refractivity contribution in [2.45, 2.75) is 19.8 Å². The summed E-state index contributed by atoms with van der Waals surface area (Å²) in [5, 5.41) is 0. The van der Waals surface area contributed by atoms with Gasteiger partial charge in [0, 0.05) is 34.5 Å². The highest BCUT2D eigenvalue weighted by molar-refractivity contribution is 9.10. The molecule has 1 heterocycles. The molecule has 0 amide bonds. The largest absolute Gasteiger partial charge is 0.493 e. The molecule has 1 aromatic carbocycles. The van der Waals surface area contributed by atoms with E-state index < -0.39 is 0 Å². The van der Waals surface area contributed by atoms with E-state index in [0.717, 1.165) is 34.6 Å². The molecule has 0 saturated carbocycles. The second-order valence-corrected chi connectivity index (χ2v) is 6.48. The second-order valence-electron chi connectivity index (χ2n) is 4.65. The van der Waals surface area contributed by atoms with Crippen molar-refractivity contribution in [3.05, 3.63) is 27.7 Å². The zero-order valence-corrected chi connectivity index (χ0v) is 13.1. The van der Waals surface area contributed by atoms with E-state index in [9.17, 15) is 4.79 Å². The average Bonchev–Trinajstić information content (AvgIpc) is 2.77. The van der Waals surface area contributed by atoms with E-state index in [-0.39, 0.29) is 5.92 Å². The summed E-state index contributed by atoms with van der Waals surface area (Å²) in [6.07, 6.45) is 3.45. The molecule has 98 valence electrons. The van der Waals surface area contributed by atoms with Crippen LogP contribution in [0.3, 0.4) is 0 Å². The van der Waals surface area contributed by atoms with Crippen molar-refractivity contribution < 1.29 is 9.53 Å². The second kappa shape index (κ2) is 6.11. The number of Topliss-reactive ketones (excluding diaryl/α,β-unsaturated/α-hetero) is 1. The van der Waals surface area contributed by atoms with Gasteiger partial charge in [0.05, 0.1) is 6.61 Å². The van der Waals surface area contributed by atoms with Crippen molar-refractivity contribution >= 4 is 33.5 Å². The molecule has 0 saturated heterocycles. The van der Waals surface area contributed by atoms with Gasteiger partial charge >= 0.3 is 0 Å². The van der Waals surface area contributed by atoms with Gasteiger partial charge in [0.2, 0.25) is 0 Å². The third-order valence-corrected chi connectivity index (χ3v) is 4.45. The summed E-state index contributed by atoms with van der Waals surface area (Å²) in [5.41, 5.74) is 2.24. The number of thioether (sulfide) groups is 1. The van der Waals surface area contributed by atoms with Crippen LogP contribution in [0.15, 0.2) is 16.6 Å². The smallest absolute Gasteiger partial charge is 0.141 e. The molecule has 1 atom stereocenters. The van der Waals surface area contributed by atoms with E-state index in [4.69, 9.17) is 4.74 Å². The molecule has 2 rings (SSSR count). The van der Waals surface area contributed by atoms with Gasteiger partial charge in [-0.3, -0.25) is 4.79 Å². The number of rotatable bonds is 5. The minimum atomic E-state index is 0.107. The number of halogens is 1. The molecule has 2 nitrogen and oxygen atoms in total. The first kappa shape index (κ1) is 13.9. The topological polar surface area (TPSA) is 26.3 Å². The van der Waals surface area contributed by atoms with Gasteiger partial charge in [0.15, 0.2) is 0 Å². The minimum Gasteiger partial charge on any atom is -0.493 e. The summed E-state index contributed by atoms with van der Waals surface area (Å²) in [6, 6.07) is 4.09. The molecular formula is C14H17BrO2S. The predicted molar refractivity (Wildman–Crippen MR) is 79.6 cm³/mol. The summed E-state index contributed by atoms with van der Waals surface area (Å²) in [5.74, 6) is 2.22. The van der Waals surface area contributed by atoms with E-state index in [1.807, 2.05) is 19.2 Å². The fraction of sp³-hybridized carbons (Fsp3) is 0.500. The number of carbonyl (C=O) groups excluding carboxylic acids is 1. The number of hydrogen-bond donors (Lipinski definition) is 0. The van der Waals surface area contributed by atoms with Crippen LogP contribution in [-0.4, -0.2) is 24.4 Å². The van der Waals surface area contributed by atoms with Gasteiger partial charge in [0.1, 0.15) is 11.5 Å². The first-order valence-corrected chi connectivity index (χ1v) is 8.26. The molecule has 0 radical (unpaired) electrons. The first-order chi connectivity index (χ1) is 8.61. The van der Waals surface area contributed by atoms with Crippen LogP contribution in [0.1, 0.15) is 18.1 Å². The Morgan fingerprint density at radius 2 is 2.33 bits per heavy atom. The highest BCUT2D eigenvalue weighted by Crippen LogP contribution is 2.33. The lowest BCUT2D eigenvalue weighted by molar-refractivity contribution is -0.121. The molecule has 1 aliphatic rings. The Balaban J connectivity index is 2.17. The summed E-state index contributed by atoms with van der Waals surface area (Å²) in [7, 11) is 0. The van der Waals surface area contributed by atoms with E-state index in [1.54, 1.807) is 11.8 Å². The Bertz CT molecular complexity index is 459. The zero-order valence-electron chi connectivity index (χ0n) is 10.7. The summed E-state index contributed by atoms with van der Waals surface area (Å²) < 4.78 is 6.68. The number of benzene rings is 1. The third kappa shape index (κ3) is 3.09. The molecular weight excluding hydrogens is 312 g/mol. The summed E-state index contributed by atoms with van der Waals surface area (Å²) >= 11 is 5.22. The van der Waals surface area contributed by atoms with Crippen molar-refractivity contribution in [2.75, 3.05) is 18.6 Å². The van der Waals surface area contributed by atoms with Crippen LogP contribution in [0.5, 0.6) is 5.75 Å². The normalized spacial score (nSPS) is 15.1. The van der Waals surface area contributed by atoms with Crippen molar-refractivity contribution in [1.82, 2.24) is 0 Å². The lowest BCUT2D eigenvalue weighted by atomic mass is 9.98. The quantitative estimate of drug-likeness (QED) is 0.827. The lowest BCUT2D eigenvalue weighted by Gasteiger charge is -2.12. The van der Waals surface area contributed by atoms with Gasteiger partial charge in [-0.2, -0.15) is 11.8 Å². The van der Waals surface area contributed by atoms with Crippen LogP contribution in [-0.2, 0) is 17.6 Å². The van der Waals surface area contributed by atoms with E-state index in [2.05, 4.69) is 22.0 Å². The molecule has 0 aromatic heterocycles. The first-order valence-electron chi connectivity index (χ1n) is 6.07. The number of carbonyl (C=O) groups is 1. The molecule has 0 spiro atoms. The van der Waals surface area contributed by atoms with Gasteiger partial charge in [-0.1, -0.05) is 22.9 Å². The Morgan fingerprint density at radius 3 is 3.06 bits per heavy atom. The van der Waals surface area contributed by atoms with Crippen LogP contribution in [0.25, 0.3) is 0 Å². The van der Waals surface area contributed by atoms with Crippen LogP contribution in [0.4, 0.5) is 0 Å². The summed E-state index contributed by atoms with van der Waals surface area (Å²) in [6.45, 7) is 2.73. The van der Waals surface area contributed by atoms with E-state index in [1.165, 1.54) is 5.56 Å². The van der Waals surface area contributed by atoms with Crippen LogP contribution in [0.2, 0.25) is 0 Å². The molecule has 0 aliphatic carbocycles. The van der Waals surface area contributed by atoms with Crippen LogP contribution < -0.4 is 4.74 Å². The fourth-order valence-corrected chi connectivity index (χ4v) is 3.42. The SMILES string of the molecule is CSCC(C)C(=O)Cc1cc(Br)cc2c1OCC2. The Labute approximate surface area is 121 Å². The van der Waals surface area contributed by atoms with E-state index >= 15 is 0 Å². The van der Waals surface area contributed by atoms with Gasteiger partial charge in [0.25, 0.3) is 0 Å². The van der Waals surface area contributed by atoms with Gasteiger partial charge in [-0.15, -0.1) is 0 Å². The monoisotopic (exact) mass is 328 g/mol. The summed E-state index contributed by atoms with van der Waals surface area (Å²) in [4.78, 5) is 12.1. The van der Waals surface area contributed by atoms with Gasteiger partial charge < -0.3 is 4.74 Å². The highest BCUT2D eigenvalue weighted by Gasteiger charge is 2.21. The average molecular weight is 329 g/mol. The Morgan fingerprint density at radius 1 is 1.56 bits per heavy atom. The standard InChI is InChI=1S/C14H17BrO2S/c1-9(8-18-2)13(16)7-11-6-12(15)5-10-3-4-17-14(10)11/h5-6,9H,3-4,7-8H2,1-2H3. The number of ketones is 1. The highest BCUT2D eigenvalue weighted by atomic mass is 79.9. The maximum absolute atomic E-state index is 12.1. The van der Waals surface area contributed by atoms with Crippen molar-refractivity contribution in [3.8, 4) is 5.75 Å². The van der Waals surface area contributed by atoms with Crippen molar-refractivity contribution in [2.24, 2.45) is 5.92 Å². The zero-order chi connectivity index (χ0) is 13.1. The fourth-order valence-electron chi connectivity index (χ4n) is 2.18. The molecule has 1 unspecified atom stereocenters. The molecule has 0 bridgehead atoms. The molecule has 0 fully saturated rings. The molecule has 18 heavy (non-hydrogen) atoms. The van der Waals surface area contributed by atoms with Gasteiger partial charge in [-0.25, -0.2) is 0 Å². The van der Waals surface area contributed by atoms with Crippen molar-refractivity contribution in [3.63, 3.8) is 0 Å². The number of ether oxygens (including phenoxy) is 1. The number of hydrogen-bond acceptors (Lipinski definition) is 3. The predicted octanol–water partition coefficient (Wildman–Crippen LogP) is 3.49. The number of fused-ring (bicyclic) bond motifs is 1. The Hall–Kier alpha value is -0.480. The van der Waals surface area contributed by atoms with Gasteiger partial charge in [-0.05, 0) is 24.0 Å². The molecule has 4 heteroatoms. The van der Waals surface area contributed by atoms with Crippen LogP contribution >= 0.6 is 27.7 Å². The lowest BCUT2D eigenvalue weighted by Crippen LogP contribution is -2.16. The minimum absolute atomic E-state index is 0.107. The molecule has 1 aromatic rings. The van der Waals surface area contributed by atoms with Crippen molar-refractivity contribution in [1.29, 1.82) is 0 Å². The Kier molecular flexibility index (Phi) is 4.73. The molecule has 1 aliphatic heterocycles. The molecule has 0 N–H and O–H groups in total. The van der Waals surface area contributed by atoms with E-state index in [0.29, 0.717) is 12.2 Å².